The molecule has 0 atom stereocenters. The third kappa shape index (κ3) is 7.62. The van der Waals surface area contributed by atoms with Gasteiger partial charge in [0.1, 0.15) is 17.2 Å². The summed E-state index contributed by atoms with van der Waals surface area (Å²) in [6, 6.07) is 19.9. The molecule has 0 aliphatic rings. The highest BCUT2D eigenvalue weighted by Crippen LogP contribution is 2.27. The number of hydrogen-bond acceptors (Lipinski definition) is 6. The van der Waals surface area contributed by atoms with Crippen LogP contribution in [0.4, 0.5) is 19.3 Å². The molecular formula is C26H25F2N3O4S. The quantitative estimate of drug-likeness (QED) is 0.291. The molecule has 10 heteroatoms. The lowest BCUT2D eigenvalue weighted by Gasteiger charge is -2.28. The Labute approximate surface area is 212 Å². The molecule has 3 amide bonds. The number of carbonyl (C=O) groups excluding carboxylic acids is 3. The first-order chi connectivity index (χ1) is 17.4. The molecule has 0 aliphatic carbocycles. The maximum absolute atomic E-state index is 14.1. The molecule has 0 spiro atoms. The molecule has 0 aliphatic heterocycles. The van der Waals surface area contributed by atoms with Crippen LogP contribution in [0.25, 0.3) is 0 Å². The first-order valence-corrected chi connectivity index (χ1v) is 11.9. The van der Waals surface area contributed by atoms with Crippen LogP contribution in [0.3, 0.4) is 0 Å². The smallest absolute Gasteiger partial charge is 0.340 e. The molecule has 0 unspecified atom stereocenters. The second-order valence-electron chi connectivity index (χ2n) is 7.47. The molecule has 1 N–H and O–H groups in total. The van der Waals surface area contributed by atoms with Crippen LogP contribution >= 0.6 is 12.1 Å². The van der Waals surface area contributed by atoms with Gasteiger partial charge in [-0.3, -0.25) is 14.9 Å². The number of esters is 1. The van der Waals surface area contributed by atoms with E-state index in [1.165, 1.54) is 4.31 Å². The topological polar surface area (TPSA) is 79.0 Å². The van der Waals surface area contributed by atoms with Crippen LogP contribution in [0.1, 0.15) is 29.3 Å². The molecule has 0 saturated carbocycles. The van der Waals surface area contributed by atoms with Gasteiger partial charge in [-0.25, -0.2) is 22.2 Å². The molecule has 3 aromatic carbocycles. The van der Waals surface area contributed by atoms with Crippen LogP contribution in [-0.4, -0.2) is 35.4 Å². The third-order valence-electron chi connectivity index (χ3n) is 4.85. The summed E-state index contributed by atoms with van der Waals surface area (Å²) >= 11 is 0.959. The summed E-state index contributed by atoms with van der Waals surface area (Å²) in [7, 11) is 0. The number of anilines is 1. The minimum absolute atomic E-state index is 0.0668. The van der Waals surface area contributed by atoms with Crippen molar-refractivity contribution in [2.75, 3.05) is 17.5 Å². The van der Waals surface area contributed by atoms with Crippen molar-refractivity contribution in [3.63, 3.8) is 0 Å². The van der Waals surface area contributed by atoms with Gasteiger partial charge in [-0.2, -0.15) is 0 Å². The fourth-order valence-electron chi connectivity index (χ4n) is 3.19. The summed E-state index contributed by atoms with van der Waals surface area (Å²) in [6.45, 7) is 2.55. The number of amides is 3. The molecule has 0 aromatic heterocycles. The van der Waals surface area contributed by atoms with Gasteiger partial charge in [0.2, 0.25) is 0 Å². The standard InChI is InChI=1S/C26H25F2N3O4S/c1-2-35-23(32)16-17-30(18-19-10-5-3-6-11-19)36-31(20-12-7-4-8-13-20)26(34)29-25(33)24-21(27)14-9-15-22(24)28/h3-15H,2,16-18H2,1H3,(H,29,33,34). The summed E-state index contributed by atoms with van der Waals surface area (Å²) in [5.74, 6) is -3.77. The average Bonchev–Trinajstić information content (AvgIpc) is 2.86. The van der Waals surface area contributed by atoms with Crippen molar-refractivity contribution < 1.29 is 27.9 Å². The number of hydrogen-bond donors (Lipinski definition) is 1. The van der Waals surface area contributed by atoms with E-state index in [1.54, 1.807) is 41.6 Å². The molecule has 0 bridgehead atoms. The van der Waals surface area contributed by atoms with Gasteiger partial charge in [0.25, 0.3) is 5.91 Å². The highest BCUT2D eigenvalue weighted by molar-refractivity contribution is 7.99. The van der Waals surface area contributed by atoms with E-state index in [-0.39, 0.29) is 19.6 Å². The van der Waals surface area contributed by atoms with E-state index in [2.05, 4.69) is 5.32 Å². The zero-order valence-electron chi connectivity index (χ0n) is 19.5. The van der Waals surface area contributed by atoms with Crippen molar-refractivity contribution in [2.45, 2.75) is 19.9 Å². The molecule has 3 rings (SSSR count). The lowest BCUT2D eigenvalue weighted by molar-refractivity contribution is -0.143. The van der Waals surface area contributed by atoms with Crippen LogP contribution in [0.2, 0.25) is 0 Å². The van der Waals surface area contributed by atoms with Gasteiger partial charge in [0.05, 0.1) is 18.7 Å². The Bertz CT molecular complexity index is 1160. The van der Waals surface area contributed by atoms with Crippen LogP contribution in [-0.2, 0) is 16.1 Å². The summed E-state index contributed by atoms with van der Waals surface area (Å²) in [5.41, 5.74) is 0.482. The van der Waals surface area contributed by atoms with Gasteiger partial charge < -0.3 is 4.74 Å². The van der Waals surface area contributed by atoms with E-state index >= 15 is 0 Å². The Kier molecular flexibility index (Phi) is 9.96. The number of nitrogens with zero attached hydrogens (tertiary/aromatic N) is 2. The highest BCUT2D eigenvalue weighted by atomic mass is 32.2. The Morgan fingerprint density at radius 1 is 0.889 bits per heavy atom. The Morgan fingerprint density at radius 2 is 1.50 bits per heavy atom. The first kappa shape index (κ1) is 26.8. The SMILES string of the molecule is CCOC(=O)CCN(Cc1ccccc1)SN(C(=O)NC(=O)c1c(F)cccc1F)c1ccccc1. The van der Waals surface area contributed by atoms with Crippen molar-refractivity contribution in [2.24, 2.45) is 0 Å². The highest BCUT2D eigenvalue weighted by Gasteiger charge is 2.26. The zero-order chi connectivity index (χ0) is 25.9. The largest absolute Gasteiger partial charge is 0.466 e. The first-order valence-electron chi connectivity index (χ1n) is 11.2. The van der Waals surface area contributed by atoms with E-state index in [9.17, 15) is 23.2 Å². The lowest BCUT2D eigenvalue weighted by atomic mass is 10.2. The van der Waals surface area contributed by atoms with E-state index < -0.39 is 35.1 Å². The maximum Gasteiger partial charge on any atom is 0.340 e. The van der Waals surface area contributed by atoms with Crippen molar-refractivity contribution in [1.29, 1.82) is 0 Å². The van der Waals surface area contributed by atoms with Crippen LogP contribution in [0, 0.1) is 11.6 Å². The van der Waals surface area contributed by atoms with E-state index in [0.717, 1.165) is 35.9 Å². The minimum atomic E-state index is -1.21. The number of halogens is 2. The summed E-state index contributed by atoms with van der Waals surface area (Å²) in [6.07, 6.45) is 0.0668. The monoisotopic (exact) mass is 513 g/mol. The zero-order valence-corrected chi connectivity index (χ0v) is 20.3. The molecule has 0 fully saturated rings. The number of imide groups is 1. The maximum atomic E-state index is 14.1. The van der Waals surface area contributed by atoms with Gasteiger partial charge in [0, 0.05) is 25.2 Å². The van der Waals surface area contributed by atoms with Crippen molar-refractivity contribution in [1.82, 2.24) is 9.62 Å². The minimum Gasteiger partial charge on any atom is -0.466 e. The number of urea groups is 1. The molecule has 188 valence electrons. The van der Waals surface area contributed by atoms with Gasteiger partial charge in [-0.05, 0) is 36.8 Å². The predicted octanol–water partition coefficient (Wildman–Crippen LogP) is 5.34. The fraction of sp³-hybridized carbons (Fsp3) is 0.192. The van der Waals surface area contributed by atoms with Crippen LogP contribution in [0.15, 0.2) is 78.9 Å². The normalized spacial score (nSPS) is 10.7. The van der Waals surface area contributed by atoms with Crippen molar-refractivity contribution in [3.05, 3.63) is 102 Å². The van der Waals surface area contributed by atoms with Crippen LogP contribution < -0.4 is 9.62 Å². The van der Waals surface area contributed by atoms with E-state index in [4.69, 9.17) is 4.74 Å². The number of nitrogens with one attached hydrogen (secondary N) is 1. The van der Waals surface area contributed by atoms with Crippen molar-refractivity contribution >= 4 is 35.7 Å². The fourth-order valence-corrected chi connectivity index (χ4v) is 4.14. The Morgan fingerprint density at radius 3 is 2.11 bits per heavy atom. The number of benzene rings is 3. The van der Waals surface area contributed by atoms with Gasteiger partial charge in [0.15, 0.2) is 0 Å². The number of ether oxygens (including phenoxy) is 1. The molecule has 0 saturated heterocycles. The van der Waals surface area contributed by atoms with E-state index in [1.807, 2.05) is 30.3 Å². The second-order valence-corrected chi connectivity index (χ2v) is 8.52. The van der Waals surface area contributed by atoms with Gasteiger partial charge >= 0.3 is 12.0 Å². The number of rotatable bonds is 10. The molecular weight excluding hydrogens is 488 g/mol. The lowest BCUT2D eigenvalue weighted by Crippen LogP contribution is -2.42. The van der Waals surface area contributed by atoms with Gasteiger partial charge in [-0.1, -0.05) is 54.6 Å². The Hall–Kier alpha value is -3.76. The predicted molar refractivity (Wildman–Crippen MR) is 134 cm³/mol. The second kappa shape index (κ2) is 13.4. The van der Waals surface area contributed by atoms with Crippen molar-refractivity contribution in [3.8, 4) is 0 Å². The summed E-state index contributed by atoms with van der Waals surface area (Å²) in [4.78, 5) is 37.8. The molecule has 36 heavy (non-hydrogen) atoms. The van der Waals surface area contributed by atoms with E-state index in [0.29, 0.717) is 12.2 Å². The third-order valence-corrected chi connectivity index (χ3v) is 5.94. The average molecular weight is 514 g/mol. The summed E-state index contributed by atoms with van der Waals surface area (Å²) < 4.78 is 36.1. The Balaban J connectivity index is 1.85. The molecule has 0 radical (unpaired) electrons. The summed E-state index contributed by atoms with van der Waals surface area (Å²) in [5, 5.41) is 2.06. The van der Waals surface area contributed by atoms with Gasteiger partial charge in [-0.15, -0.1) is 0 Å². The molecule has 7 nitrogen and oxygen atoms in total. The number of para-hydroxylation sites is 1. The molecule has 3 aromatic rings. The number of carbonyl (C=O) groups is 3. The molecule has 0 heterocycles. The van der Waals surface area contributed by atoms with Crippen LogP contribution in [0.5, 0.6) is 0 Å².